The minimum absolute atomic E-state index is 0.0457. The Hall–Kier alpha value is -0.610. The predicted octanol–water partition coefficient (Wildman–Crippen LogP) is 0.671. The van der Waals surface area contributed by atoms with Crippen LogP contribution >= 0.6 is 0 Å². The third kappa shape index (κ3) is 2.09. The van der Waals surface area contributed by atoms with Crippen LogP contribution < -0.4 is 10.6 Å². The van der Waals surface area contributed by atoms with E-state index in [9.17, 15) is 4.79 Å². The largest absolute Gasteiger partial charge is 0.464 e. The Morgan fingerprint density at radius 1 is 1.56 bits per heavy atom. The molecule has 0 radical (unpaired) electrons. The highest BCUT2D eigenvalue weighted by Gasteiger charge is 2.51. The molecule has 2 aliphatic rings. The van der Waals surface area contributed by atoms with Gasteiger partial charge in [0.2, 0.25) is 0 Å². The highest BCUT2D eigenvalue weighted by Crippen LogP contribution is 2.30. The van der Waals surface area contributed by atoms with Crippen molar-refractivity contribution in [1.29, 1.82) is 0 Å². The summed E-state index contributed by atoms with van der Waals surface area (Å²) in [6.45, 7) is 5.26. The van der Waals surface area contributed by atoms with E-state index in [1.54, 1.807) is 0 Å². The van der Waals surface area contributed by atoms with E-state index in [1.165, 1.54) is 0 Å². The van der Waals surface area contributed by atoms with E-state index >= 15 is 0 Å². The first kappa shape index (κ1) is 11.9. The smallest absolute Gasteiger partial charge is 0.328 e. The van der Waals surface area contributed by atoms with Crippen LogP contribution in [0.1, 0.15) is 32.6 Å². The Morgan fingerprint density at radius 3 is 3.25 bits per heavy atom. The normalized spacial score (nSPS) is 33.4. The molecule has 2 saturated heterocycles. The van der Waals surface area contributed by atoms with Crippen molar-refractivity contribution >= 4 is 5.97 Å². The number of nitrogens with one attached hydrogen (secondary N) is 2. The van der Waals surface area contributed by atoms with Crippen LogP contribution in [-0.2, 0) is 9.53 Å². The zero-order valence-corrected chi connectivity index (χ0v) is 10.1. The van der Waals surface area contributed by atoms with Gasteiger partial charge in [-0.3, -0.25) is 0 Å². The van der Waals surface area contributed by atoms with Gasteiger partial charge >= 0.3 is 5.97 Å². The fraction of sp³-hybridized carbons (Fsp3) is 0.917. The molecule has 0 aromatic carbocycles. The quantitative estimate of drug-likeness (QED) is 0.546. The van der Waals surface area contributed by atoms with E-state index in [4.69, 9.17) is 4.74 Å². The molecule has 92 valence electrons. The molecule has 16 heavy (non-hydrogen) atoms. The molecule has 2 N–H and O–H groups in total. The number of ether oxygens (including phenoxy) is 1. The number of hydrogen-bond donors (Lipinski definition) is 2. The van der Waals surface area contributed by atoms with Gasteiger partial charge in [-0.05, 0) is 25.8 Å². The first-order chi connectivity index (χ1) is 7.79. The van der Waals surface area contributed by atoms with Gasteiger partial charge in [0.15, 0.2) is 0 Å². The molecule has 4 nitrogen and oxygen atoms in total. The van der Waals surface area contributed by atoms with Crippen LogP contribution in [0.3, 0.4) is 0 Å². The number of carbonyl (C=O) groups is 1. The third-order valence-corrected chi connectivity index (χ3v) is 3.76. The van der Waals surface area contributed by atoms with Gasteiger partial charge in [0.1, 0.15) is 5.54 Å². The summed E-state index contributed by atoms with van der Waals surface area (Å²) in [5, 5.41) is 6.70. The number of fused-ring (bicyclic) bond motifs is 1. The average molecular weight is 226 g/mol. The van der Waals surface area contributed by atoms with Gasteiger partial charge < -0.3 is 15.4 Å². The van der Waals surface area contributed by atoms with Gasteiger partial charge in [-0.15, -0.1) is 0 Å². The fourth-order valence-corrected chi connectivity index (χ4v) is 2.73. The van der Waals surface area contributed by atoms with Gasteiger partial charge in [0, 0.05) is 19.0 Å². The fourth-order valence-electron chi connectivity index (χ4n) is 2.73. The van der Waals surface area contributed by atoms with Crippen LogP contribution in [0.25, 0.3) is 0 Å². The molecule has 0 aromatic rings. The summed E-state index contributed by atoms with van der Waals surface area (Å²) in [5.41, 5.74) is -0.425. The second-order valence-electron chi connectivity index (χ2n) is 4.86. The first-order valence-electron chi connectivity index (χ1n) is 6.42. The van der Waals surface area contributed by atoms with Crippen molar-refractivity contribution in [3.63, 3.8) is 0 Å². The van der Waals surface area contributed by atoms with Crippen molar-refractivity contribution in [1.82, 2.24) is 10.6 Å². The van der Waals surface area contributed by atoms with Crippen molar-refractivity contribution in [3.8, 4) is 0 Å². The number of piperidine rings is 1. The summed E-state index contributed by atoms with van der Waals surface area (Å²) >= 11 is 0. The van der Waals surface area contributed by atoms with Crippen LogP contribution in [-0.4, -0.2) is 37.7 Å². The highest BCUT2D eigenvalue weighted by atomic mass is 16.5. The molecule has 2 rings (SSSR count). The molecule has 0 spiro atoms. The van der Waals surface area contributed by atoms with Gasteiger partial charge in [-0.25, -0.2) is 4.79 Å². The van der Waals surface area contributed by atoms with E-state index in [1.807, 2.05) is 0 Å². The molecule has 0 bridgehead atoms. The summed E-state index contributed by atoms with van der Waals surface area (Å²) in [6, 6.07) is 0. The number of hydrogen-bond acceptors (Lipinski definition) is 4. The average Bonchev–Trinajstić information content (AvgIpc) is 2.74. The van der Waals surface area contributed by atoms with Crippen LogP contribution in [0.2, 0.25) is 0 Å². The van der Waals surface area contributed by atoms with E-state index < -0.39 is 5.54 Å². The summed E-state index contributed by atoms with van der Waals surface area (Å²) in [4.78, 5) is 12.2. The van der Waals surface area contributed by atoms with Gasteiger partial charge in [-0.2, -0.15) is 0 Å². The first-order valence-corrected chi connectivity index (χ1v) is 6.42. The summed E-state index contributed by atoms with van der Waals surface area (Å²) in [6.07, 6.45) is 4.31. The molecule has 0 aromatic heterocycles. The van der Waals surface area contributed by atoms with Crippen LogP contribution in [0.5, 0.6) is 0 Å². The van der Waals surface area contributed by atoms with Crippen molar-refractivity contribution < 1.29 is 9.53 Å². The molecule has 0 aliphatic carbocycles. The standard InChI is InChI=1S/C12H22N2O2/c1-2-3-7-16-11(15)12-9-13-8-10(12)5-4-6-14-12/h10,13-14H,2-9H2,1H3. The van der Waals surface area contributed by atoms with E-state index in [0.717, 1.165) is 45.3 Å². The van der Waals surface area contributed by atoms with Crippen LogP contribution in [0.15, 0.2) is 0 Å². The van der Waals surface area contributed by atoms with Crippen molar-refractivity contribution in [2.45, 2.75) is 38.1 Å². The lowest BCUT2D eigenvalue weighted by Crippen LogP contribution is -2.61. The molecule has 0 saturated carbocycles. The van der Waals surface area contributed by atoms with Gasteiger partial charge in [0.05, 0.1) is 6.61 Å². The Kier molecular flexibility index (Phi) is 3.82. The molecular formula is C12H22N2O2. The molecule has 2 aliphatic heterocycles. The lowest BCUT2D eigenvalue weighted by molar-refractivity contribution is -0.153. The Morgan fingerprint density at radius 2 is 2.44 bits per heavy atom. The highest BCUT2D eigenvalue weighted by molar-refractivity contribution is 5.82. The molecule has 0 amide bonds. The van der Waals surface area contributed by atoms with E-state index in [2.05, 4.69) is 17.6 Å². The topological polar surface area (TPSA) is 50.4 Å². The SMILES string of the molecule is CCCCOC(=O)C12CNCC1CCCN2. The number of rotatable bonds is 4. The van der Waals surface area contributed by atoms with Gasteiger partial charge in [0.25, 0.3) is 0 Å². The Balaban J connectivity index is 1.96. The minimum atomic E-state index is -0.425. The maximum absolute atomic E-state index is 12.2. The van der Waals surface area contributed by atoms with Crippen molar-refractivity contribution in [2.24, 2.45) is 5.92 Å². The maximum atomic E-state index is 12.2. The second-order valence-corrected chi connectivity index (χ2v) is 4.86. The zero-order valence-electron chi connectivity index (χ0n) is 10.1. The number of carbonyl (C=O) groups excluding carboxylic acids is 1. The number of unbranched alkanes of at least 4 members (excludes halogenated alkanes) is 1. The van der Waals surface area contributed by atoms with Crippen molar-refractivity contribution in [3.05, 3.63) is 0 Å². The molecule has 4 heteroatoms. The molecule has 2 heterocycles. The molecule has 2 unspecified atom stereocenters. The lowest BCUT2D eigenvalue weighted by Gasteiger charge is -2.37. The summed E-state index contributed by atoms with van der Waals surface area (Å²) < 4.78 is 5.39. The van der Waals surface area contributed by atoms with Crippen LogP contribution in [0.4, 0.5) is 0 Å². The Labute approximate surface area is 97.1 Å². The molecule has 2 fully saturated rings. The third-order valence-electron chi connectivity index (χ3n) is 3.76. The maximum Gasteiger partial charge on any atom is 0.328 e. The van der Waals surface area contributed by atoms with Crippen LogP contribution in [0, 0.1) is 5.92 Å². The molecular weight excluding hydrogens is 204 g/mol. The predicted molar refractivity (Wildman–Crippen MR) is 62.2 cm³/mol. The summed E-state index contributed by atoms with van der Waals surface area (Å²) in [7, 11) is 0. The second kappa shape index (κ2) is 5.15. The van der Waals surface area contributed by atoms with E-state index in [0.29, 0.717) is 12.5 Å². The molecule has 2 atom stereocenters. The van der Waals surface area contributed by atoms with Crippen molar-refractivity contribution in [2.75, 3.05) is 26.2 Å². The Bertz CT molecular complexity index is 257. The minimum Gasteiger partial charge on any atom is -0.464 e. The van der Waals surface area contributed by atoms with Gasteiger partial charge in [-0.1, -0.05) is 13.3 Å². The summed E-state index contributed by atoms with van der Waals surface area (Å²) in [5.74, 6) is 0.367. The van der Waals surface area contributed by atoms with E-state index in [-0.39, 0.29) is 5.97 Å². The monoisotopic (exact) mass is 226 g/mol. The number of esters is 1. The zero-order chi connectivity index (χ0) is 11.4. The lowest BCUT2D eigenvalue weighted by atomic mass is 9.81.